The lowest BCUT2D eigenvalue weighted by atomic mass is 10.1. The topological polar surface area (TPSA) is 81.9 Å². The van der Waals surface area contributed by atoms with Crippen molar-refractivity contribution in [2.45, 2.75) is 20.8 Å². The zero-order valence-electron chi connectivity index (χ0n) is 17.0. The number of hydrogen-bond acceptors (Lipinski definition) is 5. The highest BCUT2D eigenvalue weighted by atomic mass is 16.5. The van der Waals surface area contributed by atoms with Gasteiger partial charge in [0.15, 0.2) is 0 Å². The number of ether oxygens (including phenoxy) is 1. The Morgan fingerprint density at radius 3 is 2.47 bits per heavy atom. The molecule has 4 rings (SSSR count). The molecule has 0 unspecified atom stereocenters. The molecule has 0 aliphatic heterocycles. The number of amides is 1. The first-order valence-electron chi connectivity index (χ1n) is 9.48. The predicted molar refractivity (Wildman–Crippen MR) is 114 cm³/mol. The molecule has 2 heterocycles. The van der Waals surface area contributed by atoms with Crippen LogP contribution in [-0.2, 0) is 0 Å². The van der Waals surface area contributed by atoms with Gasteiger partial charge in [0.25, 0.3) is 5.91 Å². The van der Waals surface area contributed by atoms with Gasteiger partial charge >= 0.3 is 0 Å². The van der Waals surface area contributed by atoms with Gasteiger partial charge in [-0.15, -0.1) is 0 Å². The van der Waals surface area contributed by atoms with Gasteiger partial charge in [-0.05, 0) is 68.3 Å². The molecule has 4 aromatic rings. The summed E-state index contributed by atoms with van der Waals surface area (Å²) in [5, 5.41) is 2.90. The molecule has 1 amide bonds. The lowest BCUT2D eigenvalue weighted by Crippen LogP contribution is -2.12. The van der Waals surface area contributed by atoms with E-state index in [1.807, 2.05) is 32.0 Å². The molecule has 7 heteroatoms. The Bertz CT molecular complexity index is 1180. The van der Waals surface area contributed by atoms with Crippen molar-refractivity contribution < 1.29 is 9.53 Å². The molecule has 0 spiro atoms. The van der Waals surface area contributed by atoms with Crippen LogP contribution in [-0.4, -0.2) is 25.4 Å². The molecule has 2 aromatic heterocycles. The number of nitrogens with one attached hydrogen (secondary N) is 1. The Morgan fingerprint density at radius 1 is 0.967 bits per heavy atom. The van der Waals surface area contributed by atoms with E-state index >= 15 is 0 Å². The highest BCUT2D eigenvalue weighted by molar-refractivity contribution is 6.04. The first-order chi connectivity index (χ1) is 14.5. The third kappa shape index (κ3) is 4.35. The first-order valence-corrected chi connectivity index (χ1v) is 9.48. The molecule has 7 nitrogen and oxygen atoms in total. The summed E-state index contributed by atoms with van der Waals surface area (Å²) in [6, 6.07) is 14.5. The van der Waals surface area contributed by atoms with Crippen molar-refractivity contribution in [2.24, 2.45) is 0 Å². The van der Waals surface area contributed by atoms with Crippen molar-refractivity contribution >= 4 is 11.6 Å². The summed E-state index contributed by atoms with van der Waals surface area (Å²) in [7, 11) is 0. The van der Waals surface area contributed by atoms with Crippen LogP contribution in [0.1, 0.15) is 27.3 Å². The molecule has 0 fully saturated rings. The maximum absolute atomic E-state index is 12.5. The zero-order chi connectivity index (χ0) is 21.1. The Kier molecular flexibility index (Phi) is 5.26. The van der Waals surface area contributed by atoms with Crippen LogP contribution in [0.4, 0.5) is 5.69 Å². The minimum Gasteiger partial charge on any atom is -0.439 e. The fraction of sp³-hybridized carbons (Fsp3) is 0.130. The smallest absolute Gasteiger partial charge is 0.255 e. The van der Waals surface area contributed by atoms with E-state index in [-0.39, 0.29) is 5.91 Å². The van der Waals surface area contributed by atoms with Crippen LogP contribution in [0.2, 0.25) is 0 Å². The lowest BCUT2D eigenvalue weighted by Gasteiger charge is -2.10. The number of carbonyl (C=O) groups excluding carboxylic acids is 1. The summed E-state index contributed by atoms with van der Waals surface area (Å²) < 4.78 is 7.66. The lowest BCUT2D eigenvalue weighted by molar-refractivity contribution is 0.102. The van der Waals surface area contributed by atoms with E-state index in [1.165, 1.54) is 0 Å². The van der Waals surface area contributed by atoms with Crippen molar-refractivity contribution in [3.05, 3.63) is 89.8 Å². The molecule has 0 aliphatic rings. The van der Waals surface area contributed by atoms with E-state index in [0.29, 0.717) is 34.5 Å². The Morgan fingerprint density at radius 2 is 1.77 bits per heavy atom. The summed E-state index contributed by atoms with van der Waals surface area (Å²) in [4.78, 5) is 25.2. The second kappa shape index (κ2) is 8.16. The van der Waals surface area contributed by atoms with Gasteiger partial charge in [-0.3, -0.25) is 9.36 Å². The number of aryl methyl sites for hydroxylation is 3. The normalized spacial score (nSPS) is 10.6. The summed E-state index contributed by atoms with van der Waals surface area (Å²) >= 11 is 0. The third-order valence-corrected chi connectivity index (χ3v) is 4.67. The predicted octanol–water partition coefficient (Wildman–Crippen LogP) is 4.63. The SMILES string of the molecule is Cc1nc(Oc2ccc(NC(=O)c3ccc(C)c(C)c3)cc2)cc(-n2ccnc2)n1. The van der Waals surface area contributed by atoms with Gasteiger partial charge in [0, 0.05) is 29.7 Å². The van der Waals surface area contributed by atoms with Gasteiger partial charge < -0.3 is 10.1 Å². The fourth-order valence-corrected chi connectivity index (χ4v) is 2.92. The molecule has 1 N–H and O–H groups in total. The molecule has 30 heavy (non-hydrogen) atoms. The van der Waals surface area contributed by atoms with Crippen molar-refractivity contribution in [1.29, 1.82) is 0 Å². The van der Waals surface area contributed by atoms with Crippen LogP contribution < -0.4 is 10.1 Å². The molecular weight excluding hydrogens is 378 g/mol. The first kappa shape index (κ1) is 19.3. The van der Waals surface area contributed by atoms with Crippen LogP contribution >= 0.6 is 0 Å². The van der Waals surface area contributed by atoms with Crippen molar-refractivity contribution in [2.75, 3.05) is 5.32 Å². The van der Waals surface area contributed by atoms with Crippen LogP contribution in [0, 0.1) is 20.8 Å². The average molecular weight is 399 g/mol. The van der Waals surface area contributed by atoms with Crippen molar-refractivity contribution in [3.8, 4) is 17.4 Å². The molecule has 0 saturated carbocycles. The van der Waals surface area contributed by atoms with Gasteiger partial charge in [-0.25, -0.2) is 9.97 Å². The molecule has 0 radical (unpaired) electrons. The number of imidazole rings is 1. The molecule has 0 atom stereocenters. The number of rotatable bonds is 5. The highest BCUT2D eigenvalue weighted by Gasteiger charge is 2.09. The van der Waals surface area contributed by atoms with Crippen molar-refractivity contribution in [1.82, 2.24) is 19.5 Å². The number of benzene rings is 2. The summed E-state index contributed by atoms with van der Waals surface area (Å²) in [6.07, 6.45) is 5.15. The van der Waals surface area contributed by atoms with Gasteiger partial charge in [0.05, 0.1) is 0 Å². The second-order valence-corrected chi connectivity index (χ2v) is 6.96. The standard InChI is InChI=1S/C23H21N5O2/c1-15-4-5-18(12-16(15)2)23(29)27-19-6-8-20(9-7-19)30-22-13-21(25-17(3)26-22)28-11-10-24-14-28/h4-14H,1-3H3,(H,27,29). The summed E-state index contributed by atoms with van der Waals surface area (Å²) in [5.74, 6) is 2.15. The highest BCUT2D eigenvalue weighted by Crippen LogP contribution is 2.23. The van der Waals surface area contributed by atoms with Crippen LogP contribution in [0.3, 0.4) is 0 Å². The van der Waals surface area contributed by atoms with E-state index in [9.17, 15) is 4.79 Å². The maximum atomic E-state index is 12.5. The molecule has 2 aromatic carbocycles. The molecule has 0 saturated heterocycles. The number of aromatic nitrogens is 4. The average Bonchev–Trinajstić information content (AvgIpc) is 3.26. The molecular formula is C23H21N5O2. The van der Waals surface area contributed by atoms with E-state index in [4.69, 9.17) is 4.74 Å². The monoisotopic (exact) mass is 399 g/mol. The van der Waals surface area contributed by atoms with E-state index in [2.05, 4.69) is 20.3 Å². The van der Waals surface area contributed by atoms with Gasteiger partial charge in [0.2, 0.25) is 5.88 Å². The van der Waals surface area contributed by atoms with E-state index < -0.39 is 0 Å². The quantitative estimate of drug-likeness (QED) is 0.529. The van der Waals surface area contributed by atoms with E-state index in [1.54, 1.807) is 60.5 Å². The number of nitrogens with zero attached hydrogens (tertiary/aromatic N) is 4. The Hall–Kier alpha value is -4.00. The molecule has 150 valence electrons. The van der Waals surface area contributed by atoms with Gasteiger partial charge in [0.1, 0.15) is 23.7 Å². The second-order valence-electron chi connectivity index (χ2n) is 6.96. The third-order valence-electron chi connectivity index (χ3n) is 4.67. The van der Waals surface area contributed by atoms with Gasteiger partial charge in [-0.1, -0.05) is 6.07 Å². The Balaban J connectivity index is 1.46. The minimum atomic E-state index is -0.150. The molecule has 0 aliphatic carbocycles. The fourth-order valence-electron chi connectivity index (χ4n) is 2.92. The largest absolute Gasteiger partial charge is 0.439 e. The number of hydrogen-bond donors (Lipinski definition) is 1. The maximum Gasteiger partial charge on any atom is 0.255 e. The zero-order valence-corrected chi connectivity index (χ0v) is 17.0. The summed E-state index contributed by atoms with van der Waals surface area (Å²) in [6.45, 7) is 5.82. The van der Waals surface area contributed by atoms with Gasteiger partial charge in [-0.2, -0.15) is 4.98 Å². The van der Waals surface area contributed by atoms with Crippen LogP contribution in [0.25, 0.3) is 5.82 Å². The number of carbonyl (C=O) groups is 1. The van der Waals surface area contributed by atoms with E-state index in [0.717, 1.165) is 11.1 Å². The minimum absolute atomic E-state index is 0.150. The number of anilines is 1. The van der Waals surface area contributed by atoms with Crippen molar-refractivity contribution in [3.63, 3.8) is 0 Å². The molecule has 0 bridgehead atoms. The van der Waals surface area contributed by atoms with Crippen LogP contribution in [0.5, 0.6) is 11.6 Å². The van der Waals surface area contributed by atoms with Crippen LogP contribution in [0.15, 0.2) is 67.3 Å². The summed E-state index contributed by atoms with van der Waals surface area (Å²) in [5.41, 5.74) is 3.55. The Labute approximate surface area is 174 Å².